The van der Waals surface area contributed by atoms with Crippen LogP contribution in [0.3, 0.4) is 0 Å². The van der Waals surface area contributed by atoms with E-state index in [-0.39, 0.29) is 24.0 Å². The van der Waals surface area contributed by atoms with Gasteiger partial charge in [-0.05, 0) is 36.8 Å². The SMILES string of the molecule is CN=C(NCCCOC1CCOCC1)NCC(O)c1cc2ccccc2s1.I. The second kappa shape index (κ2) is 12.6. The van der Waals surface area contributed by atoms with Gasteiger partial charge in [0.25, 0.3) is 0 Å². The van der Waals surface area contributed by atoms with Crippen molar-refractivity contribution in [2.45, 2.75) is 31.5 Å². The summed E-state index contributed by atoms with van der Waals surface area (Å²) in [6.07, 6.45) is 2.68. The smallest absolute Gasteiger partial charge is 0.191 e. The van der Waals surface area contributed by atoms with E-state index in [2.05, 4.69) is 33.8 Å². The minimum atomic E-state index is -0.558. The van der Waals surface area contributed by atoms with Crippen LogP contribution in [0.25, 0.3) is 10.1 Å². The molecule has 0 saturated carbocycles. The molecule has 0 bridgehead atoms. The zero-order valence-electron chi connectivity index (χ0n) is 16.2. The van der Waals surface area contributed by atoms with Crippen LogP contribution in [-0.4, -0.2) is 57.1 Å². The highest BCUT2D eigenvalue weighted by atomic mass is 127. The van der Waals surface area contributed by atoms with Gasteiger partial charge in [0, 0.05) is 49.5 Å². The Bertz CT molecular complexity index is 701. The van der Waals surface area contributed by atoms with E-state index < -0.39 is 6.10 Å². The number of guanidine groups is 1. The molecule has 8 heteroatoms. The number of hydrogen-bond acceptors (Lipinski definition) is 5. The van der Waals surface area contributed by atoms with Crippen LogP contribution in [0.4, 0.5) is 0 Å². The van der Waals surface area contributed by atoms with E-state index in [9.17, 15) is 5.11 Å². The lowest BCUT2D eigenvalue weighted by Gasteiger charge is -2.22. The van der Waals surface area contributed by atoms with E-state index in [0.29, 0.717) is 18.6 Å². The molecule has 1 fully saturated rings. The van der Waals surface area contributed by atoms with E-state index in [1.165, 1.54) is 10.1 Å². The number of nitrogens with one attached hydrogen (secondary N) is 2. The molecule has 1 aromatic carbocycles. The molecule has 6 nitrogen and oxygen atoms in total. The van der Waals surface area contributed by atoms with Crippen LogP contribution >= 0.6 is 35.3 Å². The fourth-order valence-corrected chi connectivity index (χ4v) is 4.10. The number of aliphatic hydroxyl groups is 1. The molecule has 2 heterocycles. The second-order valence-electron chi connectivity index (χ2n) is 6.62. The van der Waals surface area contributed by atoms with Gasteiger partial charge in [-0.3, -0.25) is 4.99 Å². The maximum atomic E-state index is 10.5. The zero-order valence-corrected chi connectivity index (χ0v) is 19.4. The number of aliphatic imine (C=N–C) groups is 1. The Hall–Kier alpha value is -0.940. The fourth-order valence-electron chi connectivity index (χ4n) is 3.05. The Labute approximate surface area is 187 Å². The zero-order chi connectivity index (χ0) is 18.9. The van der Waals surface area contributed by atoms with Gasteiger partial charge >= 0.3 is 0 Å². The number of thiophene rings is 1. The quantitative estimate of drug-likeness (QED) is 0.216. The van der Waals surface area contributed by atoms with Crippen molar-refractivity contribution < 1.29 is 14.6 Å². The van der Waals surface area contributed by atoms with Gasteiger partial charge in [-0.1, -0.05) is 18.2 Å². The first-order chi connectivity index (χ1) is 13.3. The molecule has 1 saturated heterocycles. The van der Waals surface area contributed by atoms with Crippen LogP contribution in [0.15, 0.2) is 35.3 Å². The third-order valence-corrected chi connectivity index (χ3v) is 5.81. The van der Waals surface area contributed by atoms with Crippen molar-refractivity contribution in [3.05, 3.63) is 35.2 Å². The third kappa shape index (κ3) is 7.14. The molecule has 1 aliphatic heterocycles. The predicted octanol–water partition coefficient (Wildman–Crippen LogP) is 3.30. The number of halogens is 1. The molecule has 1 unspecified atom stereocenters. The van der Waals surface area contributed by atoms with Crippen LogP contribution in [0, 0.1) is 0 Å². The van der Waals surface area contributed by atoms with Crippen molar-refractivity contribution in [3.8, 4) is 0 Å². The summed E-state index contributed by atoms with van der Waals surface area (Å²) in [4.78, 5) is 5.18. The Morgan fingerprint density at radius 3 is 2.86 bits per heavy atom. The first-order valence-electron chi connectivity index (χ1n) is 9.56. The van der Waals surface area contributed by atoms with E-state index >= 15 is 0 Å². The Balaban J connectivity index is 0.00000280. The normalized spacial score (nSPS) is 16.6. The van der Waals surface area contributed by atoms with Crippen molar-refractivity contribution in [2.24, 2.45) is 4.99 Å². The van der Waals surface area contributed by atoms with Crippen molar-refractivity contribution in [1.29, 1.82) is 0 Å². The largest absolute Gasteiger partial charge is 0.386 e. The average molecular weight is 519 g/mol. The topological polar surface area (TPSA) is 75.1 Å². The molecule has 0 amide bonds. The minimum Gasteiger partial charge on any atom is -0.386 e. The van der Waals surface area contributed by atoms with Gasteiger partial charge in [0.2, 0.25) is 0 Å². The molecule has 0 radical (unpaired) electrons. The minimum absolute atomic E-state index is 0. The lowest BCUT2D eigenvalue weighted by atomic mass is 10.1. The maximum Gasteiger partial charge on any atom is 0.191 e. The molecule has 2 aromatic rings. The summed E-state index contributed by atoms with van der Waals surface area (Å²) in [5, 5.41) is 18.1. The summed E-state index contributed by atoms with van der Waals surface area (Å²) >= 11 is 1.63. The van der Waals surface area contributed by atoms with Gasteiger partial charge in [-0.15, -0.1) is 35.3 Å². The lowest BCUT2D eigenvalue weighted by Crippen LogP contribution is -2.40. The number of aliphatic hydroxyl groups excluding tert-OH is 1. The molecule has 1 atom stereocenters. The molecule has 0 spiro atoms. The van der Waals surface area contributed by atoms with Crippen molar-refractivity contribution >= 4 is 51.4 Å². The molecule has 3 N–H and O–H groups in total. The Kier molecular flexibility index (Phi) is 10.5. The number of rotatable bonds is 8. The van der Waals surface area contributed by atoms with Crippen molar-refractivity contribution in [1.82, 2.24) is 10.6 Å². The van der Waals surface area contributed by atoms with E-state index in [4.69, 9.17) is 9.47 Å². The van der Waals surface area contributed by atoms with Crippen LogP contribution in [0.1, 0.15) is 30.2 Å². The van der Waals surface area contributed by atoms with Gasteiger partial charge in [0.05, 0.1) is 6.10 Å². The second-order valence-corrected chi connectivity index (χ2v) is 7.73. The summed E-state index contributed by atoms with van der Waals surface area (Å²) in [6, 6.07) is 10.2. The van der Waals surface area contributed by atoms with Crippen molar-refractivity contribution in [2.75, 3.05) is 40.0 Å². The molecule has 1 aromatic heterocycles. The molecule has 3 rings (SSSR count). The Morgan fingerprint density at radius 2 is 2.11 bits per heavy atom. The summed E-state index contributed by atoms with van der Waals surface area (Å²) in [5.74, 6) is 0.696. The predicted molar refractivity (Wildman–Crippen MR) is 126 cm³/mol. The maximum absolute atomic E-state index is 10.5. The van der Waals surface area contributed by atoms with E-state index in [1.807, 2.05) is 12.1 Å². The van der Waals surface area contributed by atoms with E-state index in [1.54, 1.807) is 18.4 Å². The first-order valence-corrected chi connectivity index (χ1v) is 10.4. The molecule has 156 valence electrons. The lowest BCUT2D eigenvalue weighted by molar-refractivity contribution is -0.0320. The molecule has 28 heavy (non-hydrogen) atoms. The molecule has 1 aliphatic rings. The molecule has 0 aliphatic carbocycles. The summed E-state index contributed by atoms with van der Waals surface area (Å²) in [5.41, 5.74) is 0. The highest BCUT2D eigenvalue weighted by molar-refractivity contribution is 14.0. The average Bonchev–Trinajstić information content (AvgIpc) is 3.15. The van der Waals surface area contributed by atoms with E-state index in [0.717, 1.165) is 50.5 Å². The number of ether oxygens (including phenoxy) is 2. The van der Waals surface area contributed by atoms with Gasteiger partial charge in [0.15, 0.2) is 5.96 Å². The summed E-state index contributed by atoms with van der Waals surface area (Å²) in [6.45, 7) is 3.55. The number of nitrogens with zero attached hydrogens (tertiary/aromatic N) is 1. The van der Waals surface area contributed by atoms with Crippen LogP contribution in [-0.2, 0) is 9.47 Å². The summed E-state index contributed by atoms with van der Waals surface area (Å²) < 4.78 is 12.4. The molecular formula is C20H30IN3O3S. The molecular weight excluding hydrogens is 489 g/mol. The summed E-state index contributed by atoms with van der Waals surface area (Å²) in [7, 11) is 1.74. The van der Waals surface area contributed by atoms with Gasteiger partial charge in [-0.25, -0.2) is 0 Å². The van der Waals surface area contributed by atoms with Gasteiger partial charge in [-0.2, -0.15) is 0 Å². The van der Waals surface area contributed by atoms with Crippen LogP contribution in [0.2, 0.25) is 0 Å². The number of fused-ring (bicyclic) bond motifs is 1. The Morgan fingerprint density at radius 1 is 1.32 bits per heavy atom. The van der Waals surface area contributed by atoms with Crippen LogP contribution in [0.5, 0.6) is 0 Å². The third-order valence-electron chi connectivity index (χ3n) is 4.59. The van der Waals surface area contributed by atoms with Crippen LogP contribution < -0.4 is 10.6 Å². The van der Waals surface area contributed by atoms with Gasteiger partial charge in [0.1, 0.15) is 6.10 Å². The number of benzene rings is 1. The standard InChI is InChI=1S/C20H29N3O3S.HI/c1-21-20(22-9-4-10-26-16-7-11-25-12-8-16)23-14-17(24)19-13-15-5-2-3-6-18(15)27-19;/h2-3,5-6,13,16-17,24H,4,7-12,14H2,1H3,(H2,21,22,23);1H. The monoisotopic (exact) mass is 519 g/mol. The van der Waals surface area contributed by atoms with Gasteiger partial charge < -0.3 is 25.2 Å². The highest BCUT2D eigenvalue weighted by Crippen LogP contribution is 2.29. The highest BCUT2D eigenvalue weighted by Gasteiger charge is 2.14. The fraction of sp³-hybridized carbons (Fsp3) is 0.550. The number of hydrogen-bond donors (Lipinski definition) is 3. The van der Waals surface area contributed by atoms with Crippen molar-refractivity contribution in [3.63, 3.8) is 0 Å². The first kappa shape index (κ1) is 23.3.